The Bertz CT molecular complexity index is 1060. The van der Waals surface area contributed by atoms with Gasteiger partial charge < -0.3 is 14.8 Å². The Morgan fingerprint density at radius 3 is 2.89 bits per heavy atom. The maximum absolute atomic E-state index is 14.6. The summed E-state index contributed by atoms with van der Waals surface area (Å²) in [6, 6.07) is 2.43. The highest BCUT2D eigenvalue weighted by Crippen LogP contribution is 2.51. The smallest absolute Gasteiger partial charge is 0.337 e. The summed E-state index contributed by atoms with van der Waals surface area (Å²) in [5, 5.41) is 19.0. The molecular weight excluding hydrogens is 363 g/mol. The number of dihydropyridines is 1. The van der Waals surface area contributed by atoms with Crippen molar-refractivity contribution in [3.8, 4) is 0 Å². The van der Waals surface area contributed by atoms with Gasteiger partial charge in [-0.05, 0) is 54.5 Å². The van der Waals surface area contributed by atoms with Crippen molar-refractivity contribution in [3.63, 3.8) is 0 Å². The van der Waals surface area contributed by atoms with Gasteiger partial charge in [-0.25, -0.2) is 9.18 Å². The van der Waals surface area contributed by atoms with Crippen molar-refractivity contribution in [3.05, 3.63) is 56.0 Å². The zero-order valence-corrected chi connectivity index (χ0v) is 15.5. The second-order valence-corrected chi connectivity index (χ2v) is 8.12. The van der Waals surface area contributed by atoms with E-state index in [2.05, 4.69) is 0 Å². The summed E-state index contributed by atoms with van der Waals surface area (Å²) in [5.74, 6) is -1.37. The molecule has 2 aliphatic heterocycles. The number of aliphatic carboxylic acids is 1. The molecule has 5 rings (SSSR count). The molecule has 2 aliphatic carbocycles. The Hall–Kier alpha value is -2.54. The zero-order valence-electron chi connectivity index (χ0n) is 15.5. The van der Waals surface area contributed by atoms with Gasteiger partial charge in [0.1, 0.15) is 6.17 Å². The highest BCUT2D eigenvalue weighted by Gasteiger charge is 2.44. The van der Waals surface area contributed by atoms with Gasteiger partial charge in [0.2, 0.25) is 0 Å². The van der Waals surface area contributed by atoms with Crippen LogP contribution in [-0.4, -0.2) is 32.6 Å². The molecule has 3 unspecified atom stereocenters. The molecule has 6 nitrogen and oxygen atoms in total. The maximum Gasteiger partial charge on any atom is 0.337 e. The van der Waals surface area contributed by atoms with Crippen LogP contribution in [0.1, 0.15) is 56.0 Å². The van der Waals surface area contributed by atoms with Gasteiger partial charge in [0.05, 0.1) is 6.04 Å². The Morgan fingerprint density at radius 1 is 1.36 bits per heavy atom. The molecule has 1 aromatic rings. The lowest BCUT2D eigenvalue weighted by Crippen LogP contribution is -2.31. The number of carboxylic acid groups (broad SMARTS) is 1. The lowest BCUT2D eigenvalue weighted by Gasteiger charge is -2.38. The van der Waals surface area contributed by atoms with Crippen molar-refractivity contribution in [2.75, 3.05) is 0 Å². The van der Waals surface area contributed by atoms with Crippen molar-refractivity contribution >= 4 is 11.7 Å². The van der Waals surface area contributed by atoms with E-state index in [1.807, 2.05) is 6.92 Å². The maximum atomic E-state index is 14.6. The van der Waals surface area contributed by atoms with E-state index in [1.54, 1.807) is 10.6 Å². The van der Waals surface area contributed by atoms with Crippen LogP contribution >= 0.6 is 0 Å². The second-order valence-electron chi connectivity index (χ2n) is 8.12. The first-order valence-corrected chi connectivity index (χ1v) is 9.66. The largest absolute Gasteiger partial charge is 0.479 e. The third-order valence-corrected chi connectivity index (χ3v) is 6.64. The molecule has 7 heteroatoms. The van der Waals surface area contributed by atoms with Crippen LogP contribution in [0.25, 0.3) is 0 Å². The molecule has 0 spiro atoms. The number of pyridine rings is 1. The van der Waals surface area contributed by atoms with Crippen LogP contribution in [0.2, 0.25) is 0 Å². The fourth-order valence-corrected chi connectivity index (χ4v) is 5.26. The lowest BCUT2D eigenvalue weighted by atomic mass is 9.70. The molecule has 0 aromatic carbocycles. The van der Waals surface area contributed by atoms with E-state index in [1.165, 1.54) is 11.6 Å². The first kappa shape index (κ1) is 17.6. The highest BCUT2D eigenvalue weighted by molar-refractivity contribution is 6.07. The molecular formula is C21H21FN2O4. The summed E-state index contributed by atoms with van der Waals surface area (Å²) in [6.07, 6.45) is 0.208. The van der Waals surface area contributed by atoms with Crippen molar-refractivity contribution in [1.29, 1.82) is 0 Å². The normalized spacial score (nSPS) is 29.1. The minimum absolute atomic E-state index is 0.0305. The molecule has 3 heterocycles. The number of hydrogen-bond acceptors (Lipinski definition) is 4. The first-order chi connectivity index (χ1) is 13.4. The van der Waals surface area contributed by atoms with Crippen molar-refractivity contribution in [1.82, 2.24) is 4.57 Å². The molecule has 0 saturated heterocycles. The zero-order chi connectivity index (χ0) is 19.7. The standard InChI is InChI=1S/C21H21FN2O4/c1-9-11-3-2-4-12-13-8-24-16(5-10(6-17(24)25)20(26)21(27)28)19(13)23-15(18(11)12)7-14(9)22/h5-6,13-14,19-20,26H,2-4,7-8H2,1H3,(H,27,28)/t13?,14?,19?,20-/m0/s1. The van der Waals surface area contributed by atoms with Gasteiger partial charge in [-0.15, -0.1) is 0 Å². The lowest BCUT2D eigenvalue weighted by molar-refractivity contribution is -0.146. The van der Waals surface area contributed by atoms with Gasteiger partial charge in [0.25, 0.3) is 5.56 Å². The highest BCUT2D eigenvalue weighted by atomic mass is 19.1. The number of aliphatic imine (C=N–C) groups is 1. The Balaban J connectivity index is 1.66. The van der Waals surface area contributed by atoms with Crippen LogP contribution in [0.4, 0.5) is 4.39 Å². The quantitative estimate of drug-likeness (QED) is 0.820. The molecule has 0 saturated carbocycles. The van der Waals surface area contributed by atoms with Crippen molar-refractivity contribution in [2.24, 2.45) is 10.9 Å². The van der Waals surface area contributed by atoms with Gasteiger partial charge in [0.15, 0.2) is 6.10 Å². The average molecular weight is 384 g/mol. The summed E-state index contributed by atoms with van der Waals surface area (Å²) in [6.45, 7) is 2.36. The topological polar surface area (TPSA) is 91.9 Å². The summed E-state index contributed by atoms with van der Waals surface area (Å²) in [7, 11) is 0. The Kier molecular flexibility index (Phi) is 3.75. The Labute approximate surface area is 160 Å². The number of nitrogens with zero attached hydrogens (tertiary/aromatic N) is 2. The number of rotatable bonds is 2. The predicted molar refractivity (Wildman–Crippen MR) is 100 cm³/mol. The third-order valence-electron chi connectivity index (χ3n) is 6.64. The number of aromatic nitrogens is 1. The fraction of sp³-hybridized carbons (Fsp3) is 0.476. The molecule has 2 N–H and O–H groups in total. The van der Waals surface area contributed by atoms with E-state index >= 15 is 0 Å². The number of aliphatic hydroxyl groups is 1. The summed E-state index contributed by atoms with van der Waals surface area (Å²) < 4.78 is 16.2. The molecule has 4 atom stereocenters. The number of fused-ring (bicyclic) bond motifs is 4. The number of alkyl halides is 1. The van der Waals surface area contributed by atoms with Gasteiger partial charge >= 0.3 is 5.97 Å². The Morgan fingerprint density at radius 2 is 2.14 bits per heavy atom. The number of aliphatic hydroxyl groups excluding tert-OH is 1. The first-order valence-electron chi connectivity index (χ1n) is 9.66. The summed E-state index contributed by atoms with van der Waals surface area (Å²) in [4.78, 5) is 28.6. The van der Waals surface area contributed by atoms with E-state index in [0.29, 0.717) is 12.2 Å². The average Bonchev–Trinajstić information content (AvgIpc) is 3.04. The fourth-order valence-electron chi connectivity index (χ4n) is 5.26. The van der Waals surface area contributed by atoms with Gasteiger partial charge in [-0.2, -0.15) is 0 Å². The minimum Gasteiger partial charge on any atom is -0.479 e. The van der Waals surface area contributed by atoms with E-state index in [9.17, 15) is 19.1 Å². The van der Waals surface area contributed by atoms with Crippen molar-refractivity contribution in [2.45, 2.75) is 57.5 Å². The van der Waals surface area contributed by atoms with E-state index in [0.717, 1.165) is 41.7 Å². The van der Waals surface area contributed by atoms with Crippen LogP contribution in [0.3, 0.4) is 0 Å². The molecule has 4 aliphatic rings. The molecule has 1 aromatic heterocycles. The number of carbonyl (C=O) groups is 1. The van der Waals surface area contributed by atoms with Gasteiger partial charge in [-0.1, -0.05) is 5.57 Å². The number of allylic oxidation sites excluding steroid dienone is 3. The van der Waals surface area contributed by atoms with Crippen LogP contribution < -0.4 is 5.56 Å². The minimum atomic E-state index is -1.75. The van der Waals surface area contributed by atoms with E-state index in [-0.39, 0.29) is 29.5 Å². The molecule has 28 heavy (non-hydrogen) atoms. The summed E-state index contributed by atoms with van der Waals surface area (Å²) in [5.41, 5.74) is 5.39. The van der Waals surface area contributed by atoms with Crippen LogP contribution in [-0.2, 0) is 11.3 Å². The molecule has 0 amide bonds. The van der Waals surface area contributed by atoms with Crippen LogP contribution in [0.5, 0.6) is 0 Å². The van der Waals surface area contributed by atoms with Crippen LogP contribution in [0.15, 0.2) is 44.2 Å². The SMILES string of the molecule is CC1=C2CCCC3=C2C(=NC2c4cc([C@H](O)C(=O)O)cc(=O)n4CC32)CC1F. The van der Waals surface area contributed by atoms with Gasteiger partial charge in [0, 0.05) is 36.4 Å². The number of hydrogen-bond donors (Lipinski definition) is 2. The monoisotopic (exact) mass is 384 g/mol. The predicted octanol–water partition coefficient (Wildman–Crippen LogP) is 2.63. The second kappa shape index (κ2) is 5.98. The molecule has 0 radical (unpaired) electrons. The number of halogens is 1. The summed E-state index contributed by atoms with van der Waals surface area (Å²) >= 11 is 0. The van der Waals surface area contributed by atoms with Gasteiger partial charge in [-0.3, -0.25) is 9.79 Å². The number of carboxylic acids is 1. The van der Waals surface area contributed by atoms with E-state index < -0.39 is 18.2 Å². The van der Waals surface area contributed by atoms with E-state index in [4.69, 9.17) is 10.1 Å². The van der Waals surface area contributed by atoms with Crippen LogP contribution in [0, 0.1) is 5.92 Å². The third kappa shape index (κ3) is 2.32. The molecule has 0 bridgehead atoms. The molecule has 0 fully saturated rings. The van der Waals surface area contributed by atoms with Crippen molar-refractivity contribution < 1.29 is 19.4 Å². The molecule has 146 valence electrons.